The van der Waals surface area contributed by atoms with Crippen molar-refractivity contribution in [3.8, 4) is 0 Å². The van der Waals surface area contributed by atoms with E-state index in [0.29, 0.717) is 30.8 Å². The Morgan fingerprint density at radius 1 is 0.464 bits per heavy atom. The highest BCUT2D eigenvalue weighted by molar-refractivity contribution is 7.99. The Labute approximate surface area is 571 Å². The first kappa shape index (κ1) is 71.1. The molecule has 0 radical (unpaired) electrons. The number of aliphatic hydroxyl groups is 1. The Morgan fingerprint density at radius 2 is 0.835 bits per heavy atom. The van der Waals surface area contributed by atoms with Gasteiger partial charge in [0.2, 0.25) is 0 Å². The number of hydrogen-bond donors (Lipinski definition) is 1. The molecule has 12 rings (SSSR count). The summed E-state index contributed by atoms with van der Waals surface area (Å²) in [4.78, 5) is 54.4. The zero-order chi connectivity index (χ0) is 67.6. The van der Waals surface area contributed by atoms with E-state index >= 15 is 0 Å². The number of hydrogen-bond acceptors (Lipinski definition) is 17. The highest BCUT2D eigenvalue weighted by atomic mass is 32.2. The largest absolute Gasteiger partial charge is 0.455 e. The van der Waals surface area contributed by atoms with Gasteiger partial charge in [-0.3, -0.25) is 0 Å². The third-order valence-corrected chi connectivity index (χ3v) is 17.7. The van der Waals surface area contributed by atoms with E-state index in [0.717, 1.165) is 39.1 Å². The second kappa shape index (κ2) is 37.1. The van der Waals surface area contributed by atoms with Gasteiger partial charge in [0.05, 0.1) is 49.8 Å². The fourth-order valence-electron chi connectivity index (χ4n) is 11.6. The third-order valence-electron chi connectivity index (χ3n) is 16.7. The molecule has 4 fully saturated rings. The van der Waals surface area contributed by atoms with Gasteiger partial charge in [-0.25, -0.2) is 19.2 Å². The normalized spacial score (nSPS) is 23.1. The number of rotatable bonds is 22. The van der Waals surface area contributed by atoms with Crippen LogP contribution in [0.1, 0.15) is 87.4 Å². The number of benzene rings is 8. The average Bonchev–Trinajstić information content (AvgIpc) is 0.830. The third kappa shape index (κ3) is 20.7. The van der Waals surface area contributed by atoms with Crippen molar-refractivity contribution >= 4 is 35.9 Å². The molecular weight excluding hydrogens is 1250 g/mol. The molecule has 2 amide bonds. The van der Waals surface area contributed by atoms with Gasteiger partial charge < -0.3 is 67.0 Å². The minimum Gasteiger partial charge on any atom is -0.455 e. The molecule has 18 nitrogen and oxygen atoms in total. The van der Waals surface area contributed by atoms with Crippen molar-refractivity contribution in [2.75, 3.05) is 45.3 Å². The van der Waals surface area contributed by atoms with Crippen molar-refractivity contribution in [2.24, 2.45) is 11.8 Å². The van der Waals surface area contributed by atoms with Gasteiger partial charge in [0.15, 0.2) is 25.0 Å². The van der Waals surface area contributed by atoms with Crippen LogP contribution in [-0.2, 0) is 78.4 Å². The van der Waals surface area contributed by atoms with Crippen LogP contribution in [0.3, 0.4) is 0 Å². The molecule has 4 aliphatic heterocycles. The van der Waals surface area contributed by atoms with E-state index < -0.39 is 61.4 Å². The maximum Gasteiger partial charge on any atom is 0.410 e. The van der Waals surface area contributed by atoms with Gasteiger partial charge in [0.1, 0.15) is 37.0 Å². The predicted molar refractivity (Wildman–Crippen MR) is 365 cm³/mol. The molecule has 8 aromatic rings. The monoisotopic (exact) mass is 1340 g/mol. The van der Waals surface area contributed by atoms with E-state index in [1.54, 1.807) is 53.1 Å². The Bertz CT molecular complexity index is 3620. The zero-order valence-electron chi connectivity index (χ0n) is 54.7. The minimum atomic E-state index is -0.918. The number of carbonyl (C=O) groups excluding carboxylic acids is 4. The number of esters is 2. The van der Waals surface area contributed by atoms with Gasteiger partial charge in [0, 0.05) is 49.1 Å². The van der Waals surface area contributed by atoms with Crippen LogP contribution in [0.25, 0.3) is 0 Å². The van der Waals surface area contributed by atoms with E-state index in [1.165, 1.54) is 4.90 Å². The van der Waals surface area contributed by atoms with Crippen LogP contribution >= 0.6 is 11.8 Å². The molecule has 0 spiro atoms. The summed E-state index contributed by atoms with van der Waals surface area (Å²) in [6, 6.07) is 75.8. The topological polar surface area (TPSA) is 197 Å². The van der Waals surface area contributed by atoms with E-state index in [-0.39, 0.29) is 81.6 Å². The molecule has 0 saturated carbocycles. The molecule has 4 heterocycles. The maximum absolute atomic E-state index is 13.3. The molecule has 0 aromatic heterocycles. The number of fused-ring (bicyclic) bond motifs is 2. The average molecular weight is 1340 g/mol. The maximum atomic E-state index is 13.3. The molecule has 4 saturated heterocycles. The SMILES string of the molecule is CCS[C@@H]1OC2COC(c3ccccc3)O[C@H]2[C@H](C)C1OC(=O)c1ccccc1.C[C@@H]1C(OC(=O)c2ccccc2)[C@H](OCCN(Cc2ccccc2)C(=O)OCc2ccccc2)OC2COC(c3ccccc3)O[C@H]21.O=C(OCc1ccccc1)N(CCO)Cc1ccccc1. The molecule has 4 aliphatic rings. The van der Waals surface area contributed by atoms with Crippen molar-refractivity contribution < 1.29 is 76.4 Å². The molecule has 508 valence electrons. The predicted octanol–water partition coefficient (Wildman–Crippen LogP) is 13.8. The summed E-state index contributed by atoms with van der Waals surface area (Å²) in [6.45, 7) is 8.47. The number of thioether (sulfide) groups is 1. The minimum absolute atomic E-state index is 0.0272. The molecule has 0 aliphatic carbocycles. The number of nitrogens with zero attached hydrogens (tertiary/aromatic N) is 2. The van der Waals surface area contributed by atoms with E-state index in [2.05, 4.69) is 13.8 Å². The number of amides is 2. The molecule has 12 atom stereocenters. The van der Waals surface area contributed by atoms with E-state index in [4.69, 9.17) is 57.2 Å². The second-order valence-electron chi connectivity index (χ2n) is 23.6. The number of carbonyl (C=O) groups is 4. The smallest absolute Gasteiger partial charge is 0.410 e. The Balaban J connectivity index is 0.000000173. The first-order chi connectivity index (χ1) is 47.5. The number of aliphatic hydroxyl groups excluding tert-OH is 1. The lowest BCUT2D eigenvalue weighted by Crippen LogP contribution is -2.59. The van der Waals surface area contributed by atoms with Crippen LogP contribution < -0.4 is 0 Å². The zero-order valence-corrected chi connectivity index (χ0v) is 55.5. The molecular formula is C78H84N2O16S. The Morgan fingerprint density at radius 3 is 1.26 bits per heavy atom. The quantitative estimate of drug-likeness (QED) is 0.0496. The van der Waals surface area contributed by atoms with E-state index in [9.17, 15) is 19.2 Å². The number of ether oxygens (including phenoxy) is 11. The van der Waals surface area contributed by atoms with Crippen molar-refractivity contribution in [1.82, 2.24) is 9.80 Å². The summed E-state index contributed by atoms with van der Waals surface area (Å²) in [7, 11) is 0. The van der Waals surface area contributed by atoms with Crippen LogP contribution in [0.4, 0.5) is 9.59 Å². The summed E-state index contributed by atoms with van der Waals surface area (Å²) in [6.07, 6.45) is -5.25. The van der Waals surface area contributed by atoms with Crippen LogP contribution in [0.5, 0.6) is 0 Å². The van der Waals surface area contributed by atoms with Crippen LogP contribution in [0.15, 0.2) is 243 Å². The van der Waals surface area contributed by atoms with Crippen LogP contribution in [0.2, 0.25) is 0 Å². The lowest BCUT2D eigenvalue weighted by atomic mass is 9.89. The highest BCUT2D eigenvalue weighted by Gasteiger charge is 2.51. The van der Waals surface area contributed by atoms with Gasteiger partial charge in [-0.2, -0.15) is 0 Å². The van der Waals surface area contributed by atoms with Crippen LogP contribution in [0, 0.1) is 11.8 Å². The summed E-state index contributed by atoms with van der Waals surface area (Å²) < 4.78 is 66.5. The van der Waals surface area contributed by atoms with Gasteiger partial charge in [-0.15, -0.1) is 11.8 Å². The Hall–Kier alpha value is -8.73. The van der Waals surface area contributed by atoms with Gasteiger partial charge in [0.25, 0.3) is 0 Å². The van der Waals surface area contributed by atoms with Gasteiger partial charge in [-0.05, 0) is 52.3 Å². The summed E-state index contributed by atoms with van der Waals surface area (Å²) in [5, 5.41) is 9.10. The molecule has 97 heavy (non-hydrogen) atoms. The fraction of sp³-hybridized carbons (Fsp3) is 0.333. The van der Waals surface area contributed by atoms with E-state index in [1.807, 2.05) is 213 Å². The summed E-state index contributed by atoms with van der Waals surface area (Å²) in [5.74, 6) is -0.279. The lowest BCUT2D eigenvalue weighted by Gasteiger charge is -2.48. The van der Waals surface area contributed by atoms with Gasteiger partial charge in [-0.1, -0.05) is 239 Å². The Kier molecular flexibility index (Phi) is 27.2. The van der Waals surface area contributed by atoms with Crippen molar-refractivity contribution in [3.05, 3.63) is 287 Å². The first-order valence-corrected chi connectivity index (χ1v) is 33.9. The molecule has 8 aromatic carbocycles. The summed E-state index contributed by atoms with van der Waals surface area (Å²) >= 11 is 1.64. The van der Waals surface area contributed by atoms with Crippen molar-refractivity contribution in [3.63, 3.8) is 0 Å². The van der Waals surface area contributed by atoms with Crippen LogP contribution in [-0.4, -0.2) is 133 Å². The molecule has 0 bridgehead atoms. The summed E-state index contributed by atoms with van der Waals surface area (Å²) in [5.41, 5.74) is 6.37. The molecule has 1 N–H and O–H groups in total. The lowest BCUT2D eigenvalue weighted by molar-refractivity contribution is -0.351. The highest BCUT2D eigenvalue weighted by Crippen LogP contribution is 2.42. The van der Waals surface area contributed by atoms with Crippen molar-refractivity contribution in [1.29, 1.82) is 0 Å². The molecule has 6 unspecified atom stereocenters. The molecule has 19 heteroatoms. The fourth-order valence-corrected chi connectivity index (χ4v) is 12.6. The van der Waals surface area contributed by atoms with Gasteiger partial charge >= 0.3 is 24.1 Å². The van der Waals surface area contributed by atoms with Crippen molar-refractivity contribution in [2.45, 2.75) is 108 Å². The standard InChI is InChI=1S/C38H39NO8.C23H26O5S.C17H19NO3/c1-27-33-32(26-43-36(47-33)31-20-12-5-13-21-31)45-37(34(27)46-35(40)30-18-10-4-11-19-30)42-23-22-39(24-28-14-6-2-7-15-28)38(41)44-25-29-16-8-3-9-17-29;1-3-29-23-20(27-21(24)16-10-6-4-7-11-16)15(2)19-18(26-23)14-25-22(28-19)17-12-8-5-9-13-17;19-12-11-18(13-15-7-3-1-4-8-15)17(20)21-14-16-9-5-2-6-10-16/h2-21,27,32-34,36-37H,22-26H2,1H3;4-13,15,18-20,22-23H,3,14H2,1-2H3;1-10,19H,11-14H2/t27-,32?,33-,34?,36?,37+;15-,18?,19-,20?,22?,23-;/m00./s1. The first-order valence-electron chi connectivity index (χ1n) is 32.8. The second-order valence-corrected chi connectivity index (χ2v) is 24.9.